The summed E-state index contributed by atoms with van der Waals surface area (Å²) in [4.78, 5) is 21.3. The SMILES string of the molecule is O=[N+]([O-])c1cccc([C@@H]2Nc3ccc([N+](=O)[O-])cc3[C@@H]3OCC[C@H]23)c1. The zero-order chi connectivity index (χ0) is 17.6. The summed E-state index contributed by atoms with van der Waals surface area (Å²) in [5.74, 6) is 0.0662. The minimum Gasteiger partial charge on any atom is -0.378 e. The van der Waals surface area contributed by atoms with Crippen LogP contribution in [0.25, 0.3) is 0 Å². The van der Waals surface area contributed by atoms with Crippen molar-refractivity contribution in [2.24, 2.45) is 5.92 Å². The van der Waals surface area contributed by atoms with Crippen LogP contribution in [-0.4, -0.2) is 16.5 Å². The molecule has 0 radical (unpaired) electrons. The smallest absolute Gasteiger partial charge is 0.269 e. The molecule has 0 spiro atoms. The molecule has 3 atom stereocenters. The fraction of sp³-hybridized carbons (Fsp3) is 0.294. The number of hydrogen-bond acceptors (Lipinski definition) is 6. The molecule has 0 unspecified atom stereocenters. The number of ether oxygens (including phenoxy) is 1. The molecule has 1 fully saturated rings. The number of nitro benzene ring substituents is 2. The lowest BCUT2D eigenvalue weighted by Crippen LogP contribution is -2.29. The Bertz CT molecular complexity index is 869. The molecule has 1 N–H and O–H groups in total. The largest absolute Gasteiger partial charge is 0.378 e. The van der Waals surface area contributed by atoms with E-state index in [0.29, 0.717) is 6.61 Å². The number of hydrogen-bond donors (Lipinski definition) is 1. The summed E-state index contributed by atoms with van der Waals surface area (Å²) in [7, 11) is 0. The van der Waals surface area contributed by atoms with E-state index in [1.54, 1.807) is 24.3 Å². The Kier molecular flexibility index (Phi) is 3.61. The molecule has 0 saturated carbocycles. The number of rotatable bonds is 3. The monoisotopic (exact) mass is 341 g/mol. The first kappa shape index (κ1) is 15.5. The molecule has 0 aromatic heterocycles. The summed E-state index contributed by atoms with van der Waals surface area (Å²) in [6, 6.07) is 11.1. The molecule has 2 heterocycles. The molecule has 1 saturated heterocycles. The first-order valence-electron chi connectivity index (χ1n) is 7.95. The Labute approximate surface area is 142 Å². The highest BCUT2D eigenvalue weighted by Gasteiger charge is 2.42. The van der Waals surface area contributed by atoms with E-state index in [0.717, 1.165) is 23.2 Å². The third-order valence-electron chi connectivity index (χ3n) is 4.87. The highest BCUT2D eigenvalue weighted by atomic mass is 16.6. The number of benzene rings is 2. The van der Waals surface area contributed by atoms with Gasteiger partial charge in [-0.1, -0.05) is 12.1 Å². The summed E-state index contributed by atoms with van der Waals surface area (Å²) in [5.41, 5.74) is 2.44. The van der Waals surface area contributed by atoms with Gasteiger partial charge >= 0.3 is 0 Å². The molecule has 2 aromatic rings. The number of nitrogens with zero attached hydrogens (tertiary/aromatic N) is 2. The third kappa shape index (κ3) is 2.60. The van der Waals surface area contributed by atoms with Crippen molar-refractivity contribution in [2.75, 3.05) is 11.9 Å². The van der Waals surface area contributed by atoms with E-state index in [2.05, 4.69) is 5.32 Å². The van der Waals surface area contributed by atoms with Gasteiger partial charge in [-0.05, 0) is 18.1 Å². The van der Waals surface area contributed by atoms with Crippen LogP contribution < -0.4 is 5.32 Å². The first-order valence-corrected chi connectivity index (χ1v) is 7.95. The summed E-state index contributed by atoms with van der Waals surface area (Å²) >= 11 is 0. The summed E-state index contributed by atoms with van der Waals surface area (Å²) in [6.45, 7) is 0.560. The standard InChI is InChI=1S/C17H15N3O5/c21-19(22)11-3-1-2-10(8-11)16-13-6-7-25-17(13)14-9-12(20(23)24)4-5-15(14)18-16/h1-5,8-9,13,16-18H,6-7H2/t13-,16+,17-/m1/s1. The molecular formula is C17H15N3O5. The van der Waals surface area contributed by atoms with E-state index in [-0.39, 0.29) is 29.4 Å². The summed E-state index contributed by atoms with van der Waals surface area (Å²) < 4.78 is 5.85. The highest BCUT2D eigenvalue weighted by Crippen LogP contribution is 2.50. The molecule has 2 aliphatic heterocycles. The predicted molar refractivity (Wildman–Crippen MR) is 89.4 cm³/mol. The zero-order valence-electron chi connectivity index (χ0n) is 13.1. The molecule has 0 amide bonds. The van der Waals surface area contributed by atoms with E-state index in [1.165, 1.54) is 12.1 Å². The quantitative estimate of drug-likeness (QED) is 0.673. The second kappa shape index (κ2) is 5.82. The van der Waals surface area contributed by atoms with Crippen LogP contribution in [0.15, 0.2) is 42.5 Å². The van der Waals surface area contributed by atoms with Gasteiger partial charge in [-0.3, -0.25) is 20.2 Å². The Morgan fingerprint density at radius 2 is 1.80 bits per heavy atom. The van der Waals surface area contributed by atoms with E-state index in [1.807, 2.05) is 6.07 Å². The van der Waals surface area contributed by atoms with Crippen LogP contribution in [-0.2, 0) is 4.74 Å². The van der Waals surface area contributed by atoms with E-state index < -0.39 is 9.85 Å². The Morgan fingerprint density at radius 3 is 2.56 bits per heavy atom. The second-order valence-electron chi connectivity index (χ2n) is 6.25. The van der Waals surface area contributed by atoms with E-state index in [9.17, 15) is 20.2 Å². The Hall–Kier alpha value is -3.00. The minimum absolute atomic E-state index is 0.0311. The Morgan fingerprint density at radius 1 is 1.04 bits per heavy atom. The lowest BCUT2D eigenvalue weighted by atomic mass is 9.81. The molecule has 0 aliphatic carbocycles. The van der Waals surface area contributed by atoms with Gasteiger partial charge in [-0.15, -0.1) is 0 Å². The third-order valence-corrected chi connectivity index (χ3v) is 4.87. The van der Waals surface area contributed by atoms with Crippen molar-refractivity contribution in [3.63, 3.8) is 0 Å². The van der Waals surface area contributed by atoms with Gasteiger partial charge < -0.3 is 10.1 Å². The van der Waals surface area contributed by atoms with Crippen LogP contribution >= 0.6 is 0 Å². The molecule has 25 heavy (non-hydrogen) atoms. The summed E-state index contributed by atoms with van der Waals surface area (Å²) in [5, 5.41) is 25.5. The molecule has 2 aromatic carbocycles. The van der Waals surface area contributed by atoms with Crippen molar-refractivity contribution in [2.45, 2.75) is 18.6 Å². The predicted octanol–water partition coefficient (Wildman–Crippen LogP) is 3.75. The second-order valence-corrected chi connectivity index (χ2v) is 6.25. The average Bonchev–Trinajstić information content (AvgIpc) is 3.10. The van der Waals surface area contributed by atoms with Crippen molar-refractivity contribution in [3.8, 4) is 0 Å². The zero-order valence-corrected chi connectivity index (χ0v) is 13.1. The van der Waals surface area contributed by atoms with Crippen molar-refractivity contribution < 1.29 is 14.6 Å². The number of fused-ring (bicyclic) bond motifs is 3. The lowest BCUT2D eigenvalue weighted by molar-refractivity contribution is -0.385. The fourth-order valence-corrected chi connectivity index (χ4v) is 3.74. The number of non-ortho nitro benzene ring substituents is 2. The van der Waals surface area contributed by atoms with Gasteiger partial charge in [0.25, 0.3) is 11.4 Å². The van der Waals surface area contributed by atoms with Gasteiger partial charge in [-0.2, -0.15) is 0 Å². The molecule has 8 heteroatoms. The van der Waals surface area contributed by atoms with Crippen LogP contribution in [0.1, 0.15) is 29.7 Å². The van der Waals surface area contributed by atoms with Crippen LogP contribution in [0.3, 0.4) is 0 Å². The molecule has 128 valence electrons. The first-order chi connectivity index (χ1) is 12.0. The molecular weight excluding hydrogens is 326 g/mol. The van der Waals surface area contributed by atoms with Crippen molar-refractivity contribution in [1.82, 2.24) is 0 Å². The van der Waals surface area contributed by atoms with Gasteiger partial charge in [0, 0.05) is 48.0 Å². The number of anilines is 1. The Balaban J connectivity index is 1.76. The van der Waals surface area contributed by atoms with Gasteiger partial charge in [-0.25, -0.2) is 0 Å². The molecule has 2 aliphatic rings. The van der Waals surface area contributed by atoms with Crippen LogP contribution in [0, 0.1) is 26.1 Å². The van der Waals surface area contributed by atoms with Crippen molar-refractivity contribution in [1.29, 1.82) is 0 Å². The molecule has 0 bridgehead atoms. The number of nitrogens with one attached hydrogen (secondary N) is 1. The summed E-state index contributed by atoms with van der Waals surface area (Å²) in [6.07, 6.45) is 0.535. The minimum atomic E-state index is -0.420. The van der Waals surface area contributed by atoms with Crippen LogP contribution in [0.2, 0.25) is 0 Å². The van der Waals surface area contributed by atoms with Gasteiger partial charge in [0.1, 0.15) is 0 Å². The maximum Gasteiger partial charge on any atom is 0.269 e. The van der Waals surface area contributed by atoms with Gasteiger partial charge in [0.15, 0.2) is 0 Å². The maximum absolute atomic E-state index is 11.1. The molecule has 8 nitrogen and oxygen atoms in total. The van der Waals surface area contributed by atoms with Crippen molar-refractivity contribution >= 4 is 17.1 Å². The van der Waals surface area contributed by atoms with Crippen LogP contribution in [0.5, 0.6) is 0 Å². The fourth-order valence-electron chi connectivity index (χ4n) is 3.74. The molecule has 4 rings (SSSR count). The maximum atomic E-state index is 11.1. The highest BCUT2D eigenvalue weighted by molar-refractivity contribution is 5.61. The normalized spacial score (nSPS) is 24.1. The van der Waals surface area contributed by atoms with Gasteiger partial charge in [0.05, 0.1) is 22.0 Å². The van der Waals surface area contributed by atoms with Gasteiger partial charge in [0.2, 0.25) is 0 Å². The average molecular weight is 341 g/mol. The lowest BCUT2D eigenvalue weighted by Gasteiger charge is -2.36. The topological polar surface area (TPSA) is 108 Å². The van der Waals surface area contributed by atoms with Crippen LogP contribution in [0.4, 0.5) is 17.1 Å². The van der Waals surface area contributed by atoms with Crippen molar-refractivity contribution in [3.05, 3.63) is 73.8 Å². The van der Waals surface area contributed by atoms with E-state index in [4.69, 9.17) is 4.74 Å². The number of nitro groups is 2. The van der Waals surface area contributed by atoms with E-state index >= 15 is 0 Å².